The number of hydrogen-bond acceptors (Lipinski definition) is 6. The van der Waals surface area contributed by atoms with Crippen molar-refractivity contribution in [1.29, 1.82) is 0 Å². The molecule has 0 spiro atoms. The van der Waals surface area contributed by atoms with Crippen molar-refractivity contribution < 1.29 is 26.4 Å². The number of likely N-dealkylation sites (tertiary alicyclic amines) is 1. The van der Waals surface area contributed by atoms with Crippen molar-refractivity contribution in [3.8, 4) is 0 Å². The van der Waals surface area contributed by atoms with Gasteiger partial charge in [-0.25, -0.2) is 8.42 Å². The SMILES string of the molecule is CS(=O)(=O)c1ccc(NC2CCN(C(=O)CCCN3CCN(c4ccc(Cl)cc4)CC3)CC2)cc1C(F)(F)F. The van der Waals surface area contributed by atoms with Crippen LogP contribution in [0, 0.1) is 0 Å². The van der Waals surface area contributed by atoms with Crippen LogP contribution in [0.4, 0.5) is 24.5 Å². The normalized spacial score (nSPS) is 17.9. The summed E-state index contributed by atoms with van der Waals surface area (Å²) in [4.78, 5) is 18.5. The van der Waals surface area contributed by atoms with E-state index in [1.54, 1.807) is 0 Å². The molecular formula is C27H34ClF3N4O3S. The standard InChI is InChI=1S/C27H34ClF3N4O3S/c1-39(37,38)25-9-6-22(19-24(25)27(29,30)31)32-21-10-13-35(14-11-21)26(36)3-2-12-33-15-17-34(18-16-33)23-7-4-20(28)5-8-23/h4-9,19,21,32H,2-3,10-18H2,1H3. The molecule has 214 valence electrons. The van der Waals surface area contributed by atoms with Crippen LogP contribution in [0.3, 0.4) is 0 Å². The molecule has 7 nitrogen and oxygen atoms in total. The fourth-order valence-electron chi connectivity index (χ4n) is 5.17. The highest BCUT2D eigenvalue weighted by Crippen LogP contribution is 2.36. The Hall–Kier alpha value is -2.50. The summed E-state index contributed by atoms with van der Waals surface area (Å²) in [6.07, 6.45) is -1.56. The molecule has 2 saturated heterocycles. The van der Waals surface area contributed by atoms with Crippen LogP contribution in [0.2, 0.25) is 5.02 Å². The van der Waals surface area contributed by atoms with E-state index in [2.05, 4.69) is 15.1 Å². The average molecular weight is 587 g/mol. The highest BCUT2D eigenvalue weighted by atomic mass is 35.5. The van der Waals surface area contributed by atoms with Crippen LogP contribution in [0.5, 0.6) is 0 Å². The maximum Gasteiger partial charge on any atom is 0.417 e. The number of nitrogens with zero attached hydrogens (tertiary/aromatic N) is 3. The van der Waals surface area contributed by atoms with Gasteiger partial charge in [0.05, 0.1) is 10.5 Å². The van der Waals surface area contributed by atoms with Crippen LogP contribution in [0.1, 0.15) is 31.2 Å². The van der Waals surface area contributed by atoms with Gasteiger partial charge in [0.25, 0.3) is 0 Å². The second-order valence-electron chi connectivity index (χ2n) is 10.2. The van der Waals surface area contributed by atoms with E-state index in [-0.39, 0.29) is 17.6 Å². The van der Waals surface area contributed by atoms with E-state index in [1.807, 2.05) is 29.2 Å². The van der Waals surface area contributed by atoms with Crippen molar-refractivity contribution in [2.75, 3.05) is 62.3 Å². The quantitative estimate of drug-likeness (QED) is 0.481. The van der Waals surface area contributed by atoms with E-state index >= 15 is 0 Å². The third kappa shape index (κ3) is 8.02. The minimum Gasteiger partial charge on any atom is -0.382 e. The largest absolute Gasteiger partial charge is 0.417 e. The number of anilines is 2. The first-order chi connectivity index (χ1) is 18.4. The lowest BCUT2D eigenvalue weighted by atomic mass is 10.0. The van der Waals surface area contributed by atoms with Crippen LogP contribution in [-0.2, 0) is 20.8 Å². The van der Waals surface area contributed by atoms with Gasteiger partial charge >= 0.3 is 6.18 Å². The monoisotopic (exact) mass is 586 g/mol. The molecule has 39 heavy (non-hydrogen) atoms. The third-order valence-corrected chi connectivity index (χ3v) is 8.74. The van der Waals surface area contributed by atoms with E-state index in [0.717, 1.165) is 62.6 Å². The Balaban J connectivity index is 1.18. The van der Waals surface area contributed by atoms with E-state index < -0.39 is 26.5 Å². The molecule has 2 heterocycles. The Bertz CT molecular complexity index is 1240. The summed E-state index contributed by atoms with van der Waals surface area (Å²) in [5.74, 6) is 0.102. The van der Waals surface area contributed by atoms with Crippen molar-refractivity contribution in [3.63, 3.8) is 0 Å². The smallest absolute Gasteiger partial charge is 0.382 e. The van der Waals surface area contributed by atoms with Gasteiger partial charge in [-0.1, -0.05) is 11.6 Å². The number of sulfone groups is 1. The summed E-state index contributed by atoms with van der Waals surface area (Å²) in [7, 11) is -4.01. The summed E-state index contributed by atoms with van der Waals surface area (Å²) in [6, 6.07) is 11.0. The van der Waals surface area contributed by atoms with Gasteiger partial charge in [-0.3, -0.25) is 9.69 Å². The van der Waals surface area contributed by atoms with Gasteiger partial charge in [-0.2, -0.15) is 13.2 Å². The van der Waals surface area contributed by atoms with Crippen LogP contribution in [-0.4, -0.2) is 82.2 Å². The van der Waals surface area contributed by atoms with Crippen molar-refractivity contribution in [2.45, 2.75) is 42.8 Å². The molecule has 2 aliphatic heterocycles. The van der Waals surface area contributed by atoms with E-state index in [1.165, 1.54) is 11.8 Å². The number of carbonyl (C=O) groups is 1. The maximum atomic E-state index is 13.5. The summed E-state index contributed by atoms with van der Waals surface area (Å²) in [5, 5.41) is 3.81. The predicted molar refractivity (Wildman–Crippen MR) is 147 cm³/mol. The van der Waals surface area contributed by atoms with Gasteiger partial charge in [0.2, 0.25) is 5.91 Å². The minimum absolute atomic E-state index is 0.101. The van der Waals surface area contributed by atoms with Crippen molar-refractivity contribution in [3.05, 3.63) is 53.1 Å². The molecule has 0 bridgehead atoms. The highest BCUT2D eigenvalue weighted by molar-refractivity contribution is 7.90. The number of carbonyl (C=O) groups excluding carboxylic acids is 1. The lowest BCUT2D eigenvalue weighted by molar-refractivity contribution is -0.139. The van der Waals surface area contributed by atoms with Gasteiger partial charge in [0.15, 0.2) is 9.84 Å². The Kier molecular flexibility index (Phi) is 9.33. The molecule has 0 saturated carbocycles. The molecule has 0 unspecified atom stereocenters. The Morgan fingerprint density at radius 1 is 1.00 bits per heavy atom. The lowest BCUT2D eigenvalue weighted by Crippen LogP contribution is -2.47. The second kappa shape index (κ2) is 12.3. The molecule has 0 aromatic heterocycles. The van der Waals surface area contributed by atoms with Crippen molar-refractivity contribution in [2.24, 2.45) is 0 Å². The van der Waals surface area contributed by atoms with Crippen LogP contribution >= 0.6 is 11.6 Å². The number of nitrogens with one attached hydrogen (secondary N) is 1. The zero-order chi connectivity index (χ0) is 28.2. The molecule has 2 aromatic rings. The molecule has 12 heteroatoms. The molecule has 2 aromatic carbocycles. The maximum absolute atomic E-state index is 13.5. The second-order valence-corrected chi connectivity index (χ2v) is 12.6. The summed E-state index contributed by atoms with van der Waals surface area (Å²) < 4.78 is 63.9. The zero-order valence-corrected chi connectivity index (χ0v) is 23.5. The number of hydrogen-bond donors (Lipinski definition) is 1. The molecule has 1 N–H and O–H groups in total. The van der Waals surface area contributed by atoms with Crippen LogP contribution in [0.15, 0.2) is 47.4 Å². The molecule has 0 radical (unpaired) electrons. The van der Waals surface area contributed by atoms with E-state index in [0.29, 0.717) is 32.4 Å². The molecule has 0 atom stereocenters. The number of piperazine rings is 1. The number of alkyl halides is 3. The first kappa shape index (κ1) is 29.5. The fraction of sp³-hybridized carbons (Fsp3) is 0.519. The zero-order valence-electron chi connectivity index (χ0n) is 21.9. The topological polar surface area (TPSA) is 73.0 Å². The molecule has 2 aliphatic rings. The Labute approximate surface area is 232 Å². The van der Waals surface area contributed by atoms with E-state index in [9.17, 15) is 26.4 Å². The summed E-state index contributed by atoms with van der Waals surface area (Å²) in [6.45, 7) is 5.66. The lowest BCUT2D eigenvalue weighted by Gasteiger charge is -2.36. The molecule has 2 fully saturated rings. The average Bonchev–Trinajstić information content (AvgIpc) is 2.89. The van der Waals surface area contributed by atoms with Gasteiger partial charge in [0, 0.05) is 74.4 Å². The van der Waals surface area contributed by atoms with Gasteiger partial charge in [-0.05, 0) is 68.3 Å². The Morgan fingerprint density at radius 3 is 2.23 bits per heavy atom. The van der Waals surface area contributed by atoms with Crippen LogP contribution < -0.4 is 10.2 Å². The molecule has 1 amide bonds. The predicted octanol–water partition coefficient (Wildman–Crippen LogP) is 4.77. The molecule has 4 rings (SSSR count). The minimum atomic E-state index is -4.78. The third-order valence-electron chi connectivity index (χ3n) is 7.33. The summed E-state index contributed by atoms with van der Waals surface area (Å²) in [5.41, 5.74) is 0.212. The summed E-state index contributed by atoms with van der Waals surface area (Å²) >= 11 is 5.98. The van der Waals surface area contributed by atoms with Gasteiger partial charge in [-0.15, -0.1) is 0 Å². The number of halogens is 4. The number of piperidine rings is 1. The Morgan fingerprint density at radius 2 is 1.64 bits per heavy atom. The highest BCUT2D eigenvalue weighted by Gasteiger charge is 2.36. The number of benzene rings is 2. The van der Waals surface area contributed by atoms with Gasteiger partial charge < -0.3 is 15.1 Å². The number of rotatable bonds is 8. The van der Waals surface area contributed by atoms with Crippen LogP contribution in [0.25, 0.3) is 0 Å². The number of amides is 1. The van der Waals surface area contributed by atoms with Crippen molar-refractivity contribution >= 4 is 38.7 Å². The molecular weight excluding hydrogens is 553 g/mol. The fourth-order valence-corrected chi connectivity index (χ4v) is 6.18. The molecule has 0 aliphatic carbocycles. The first-order valence-corrected chi connectivity index (χ1v) is 15.4. The van der Waals surface area contributed by atoms with Crippen molar-refractivity contribution in [1.82, 2.24) is 9.80 Å². The van der Waals surface area contributed by atoms with E-state index in [4.69, 9.17) is 11.6 Å². The van der Waals surface area contributed by atoms with Gasteiger partial charge in [0.1, 0.15) is 0 Å². The first-order valence-electron chi connectivity index (χ1n) is 13.1.